The van der Waals surface area contributed by atoms with Crippen LogP contribution in [-0.4, -0.2) is 357 Å². The predicted octanol–water partition coefficient (Wildman–Crippen LogP) is -10.3. The number of phosphoric ester groups is 3. The van der Waals surface area contributed by atoms with E-state index in [1.165, 1.54) is 0 Å². The van der Waals surface area contributed by atoms with Gasteiger partial charge >= 0.3 is 23.5 Å². The Kier molecular flexibility index (Phi) is 32.7. The highest BCUT2D eigenvalue weighted by Gasteiger charge is 2.60. The van der Waals surface area contributed by atoms with Gasteiger partial charge in [-0.2, -0.15) is 12.6 Å². The van der Waals surface area contributed by atoms with Crippen molar-refractivity contribution in [3.8, 4) is 0 Å². The Bertz CT molecular complexity index is 2470. The van der Waals surface area contributed by atoms with E-state index in [1.54, 1.807) is 6.92 Å². The van der Waals surface area contributed by atoms with Gasteiger partial charge in [0.2, 0.25) is 5.91 Å². The summed E-state index contributed by atoms with van der Waals surface area (Å²) in [7, 11) is -15.6. The molecule has 0 aromatic heterocycles. The molecule has 6 rings (SSSR count). The van der Waals surface area contributed by atoms with Crippen molar-refractivity contribution in [2.24, 2.45) is 11.5 Å². The zero-order valence-corrected chi connectivity index (χ0v) is 54.7. The lowest BCUT2D eigenvalue weighted by atomic mass is 9.84. The molecule has 34 atom stereocenters. The minimum atomic E-state index is -5.55. The smallest absolute Gasteiger partial charge is 0.394 e. The molecule has 5 saturated heterocycles. The molecule has 46 heteroatoms. The highest BCUT2D eigenvalue weighted by Crippen LogP contribution is 2.50. The van der Waals surface area contributed by atoms with Crippen LogP contribution in [0.4, 0.5) is 0 Å². The van der Waals surface area contributed by atoms with Gasteiger partial charge in [0, 0.05) is 13.5 Å². The third kappa shape index (κ3) is 21.6. The lowest BCUT2D eigenvalue weighted by Crippen LogP contribution is -2.70. The first-order chi connectivity index (χ1) is 44.7. The molecule has 1 saturated carbocycles. The van der Waals surface area contributed by atoms with Crippen LogP contribution in [0.3, 0.4) is 0 Å². The zero-order valence-electron chi connectivity index (χ0n) is 51.1. The number of rotatable bonds is 35. The van der Waals surface area contributed by atoms with Crippen molar-refractivity contribution in [2.75, 3.05) is 65.2 Å². The summed E-state index contributed by atoms with van der Waals surface area (Å²) in [6.45, 7) is -4.74. The lowest BCUT2D eigenvalue weighted by Gasteiger charge is -2.50. The number of nitrogens with two attached hydrogens (primary N) is 2. The largest absolute Gasteiger partial charge is 0.472 e. The molecule has 5 heterocycles. The maximum absolute atomic E-state index is 13.7. The van der Waals surface area contributed by atoms with Gasteiger partial charge in [-0.3, -0.25) is 31.9 Å². The van der Waals surface area contributed by atoms with Gasteiger partial charge in [0.05, 0.1) is 58.9 Å². The van der Waals surface area contributed by atoms with Gasteiger partial charge in [0.25, 0.3) is 0 Å². The summed E-state index contributed by atoms with van der Waals surface area (Å²) in [6.07, 6.45) is -60.6. The summed E-state index contributed by atoms with van der Waals surface area (Å²) in [4.78, 5) is 44.4. The first kappa shape index (κ1) is 83.0. The molecule has 0 spiro atoms. The monoisotopic (exact) mass is 1470 g/mol. The predicted molar refractivity (Wildman–Crippen MR) is 308 cm³/mol. The molecule has 5 aliphatic heterocycles. The minimum absolute atomic E-state index is 0.251. The lowest BCUT2D eigenvalue weighted by molar-refractivity contribution is -0.384. The first-order valence-electron chi connectivity index (χ1n) is 30.2. The number of carbonyl (C=O) groups is 1. The van der Waals surface area contributed by atoms with E-state index in [2.05, 4.69) is 17.9 Å². The Hall–Kier alpha value is -0.970. The van der Waals surface area contributed by atoms with Gasteiger partial charge in [0.15, 0.2) is 31.5 Å². The summed E-state index contributed by atoms with van der Waals surface area (Å²) in [5.74, 6) is -0.316. The summed E-state index contributed by atoms with van der Waals surface area (Å²) >= 11 is 4.13. The molecular weight excluding hydrogens is 1380 g/mol. The van der Waals surface area contributed by atoms with Crippen molar-refractivity contribution in [1.82, 2.24) is 5.32 Å². The van der Waals surface area contributed by atoms with Crippen LogP contribution in [0.25, 0.3) is 0 Å². The standard InChI is InChI=1S/C49H92N3O39P3S/c1-3-9-77-92(70,71)80-17-22-28(59)31(62)37(68)47(84-22)89-43-34(65)27(58)20(14-54)82-48(43)76-16-23-40(86-46-25(52-18(2)56)30(61)26(57)19(13-53)81-46)38(69)44(91-94(74,75)79-11-8-50)49(85-23)87-39-21(15-55)83-45(24(51)29(39)60)88-41-35(66)32(63)33(64)36(67)42(41)90-93(72,73)78-10-6-4-5-7-12-95/h19-49,53-55,57-69,95H,3-17,50-51H2,1-2H3,(H,52,56)(H,70,71)(H,72,73)(H,74,75). The minimum Gasteiger partial charge on any atom is -0.394 e. The van der Waals surface area contributed by atoms with Crippen molar-refractivity contribution in [3.63, 3.8) is 0 Å². The van der Waals surface area contributed by atoms with Crippen LogP contribution in [0, 0.1) is 0 Å². The number of nitrogens with one attached hydrogen (secondary N) is 1. The number of ether oxygens (including phenoxy) is 10. The van der Waals surface area contributed by atoms with E-state index in [4.69, 9.17) is 86.0 Å². The maximum Gasteiger partial charge on any atom is 0.472 e. The fraction of sp³-hybridized carbons (Fsp3) is 0.980. The van der Waals surface area contributed by atoms with Crippen molar-refractivity contribution < 1.29 is 189 Å². The molecule has 558 valence electrons. The van der Waals surface area contributed by atoms with Gasteiger partial charge in [-0.25, -0.2) is 13.7 Å². The Balaban J connectivity index is 1.36. The van der Waals surface area contributed by atoms with Crippen LogP contribution in [0.1, 0.15) is 46.0 Å². The molecule has 95 heavy (non-hydrogen) atoms. The van der Waals surface area contributed by atoms with Gasteiger partial charge < -0.3 is 161 Å². The number of amides is 1. The fourth-order valence-electron chi connectivity index (χ4n) is 10.9. The molecule has 6 fully saturated rings. The van der Waals surface area contributed by atoms with E-state index in [0.717, 1.165) is 13.3 Å². The normalized spacial score (nSPS) is 43.9. The number of unbranched alkanes of at least 4 members (excludes halogenated alkanes) is 3. The Labute approximate surface area is 547 Å². The topological polar surface area (TPSA) is 664 Å². The van der Waals surface area contributed by atoms with Crippen molar-refractivity contribution in [1.29, 1.82) is 0 Å². The zero-order chi connectivity index (χ0) is 70.6. The summed E-state index contributed by atoms with van der Waals surface area (Å²) in [5, 5.41) is 179. The third-order valence-electron chi connectivity index (χ3n) is 15.9. The Morgan fingerprint density at radius 3 is 1.53 bits per heavy atom. The van der Waals surface area contributed by atoms with Crippen LogP contribution in [0.2, 0.25) is 0 Å². The maximum atomic E-state index is 13.7. The average molecular weight is 1470 g/mol. The summed E-state index contributed by atoms with van der Waals surface area (Å²) in [6, 6.07) is -3.85. The second kappa shape index (κ2) is 37.5. The van der Waals surface area contributed by atoms with Crippen LogP contribution in [0.15, 0.2) is 0 Å². The van der Waals surface area contributed by atoms with Gasteiger partial charge in [-0.15, -0.1) is 0 Å². The molecular formula is C49H92N3O39P3S. The quantitative estimate of drug-likeness (QED) is 0.0159. The van der Waals surface area contributed by atoms with Gasteiger partial charge in [-0.1, -0.05) is 19.8 Å². The van der Waals surface area contributed by atoms with Crippen LogP contribution >= 0.6 is 36.1 Å². The summed E-state index contributed by atoms with van der Waals surface area (Å²) < 4.78 is 129. The molecule has 34 unspecified atom stereocenters. The average Bonchev–Trinajstić information content (AvgIpc) is 0.776. The second-order valence-corrected chi connectivity index (χ2v) is 27.7. The van der Waals surface area contributed by atoms with E-state index in [9.17, 15) is 115 Å². The SMILES string of the molecule is CCCOP(=O)(O)OCC1OC(OC2C(OCC3OC(OC4C(CO)OC(OC5C(O)C(O)C(O)C(O)C5OP(=O)(O)OCCCCCCS)C(N)C4O)C(OP(=O)(O)OCCN)C(O)C3OC3OC(CO)C(O)C(O)C3NC(C)=O)OC(CO)C(O)C2O)C(O)C(O)C1O. The number of thiol groups is 1. The molecule has 1 amide bonds. The third-order valence-corrected chi connectivity index (χ3v) is 19.3. The van der Waals surface area contributed by atoms with E-state index < -0.39 is 266 Å². The highest BCUT2D eigenvalue weighted by molar-refractivity contribution is 7.80. The molecule has 0 bridgehead atoms. The number of aliphatic hydroxyl groups is 16. The number of aliphatic hydroxyl groups excluding tert-OH is 16. The molecule has 0 aromatic carbocycles. The Morgan fingerprint density at radius 1 is 0.453 bits per heavy atom. The summed E-state index contributed by atoms with van der Waals surface area (Å²) in [5.41, 5.74) is 12.0. The van der Waals surface area contributed by atoms with E-state index >= 15 is 0 Å². The second-order valence-electron chi connectivity index (χ2n) is 22.9. The fourth-order valence-corrected chi connectivity index (χ4v) is 13.8. The van der Waals surface area contributed by atoms with E-state index in [1.807, 2.05) is 0 Å². The number of phosphoric acid groups is 3. The number of hydrogen-bond donors (Lipinski definition) is 23. The number of carbonyl (C=O) groups excluding carboxylic acids is 1. The van der Waals surface area contributed by atoms with Crippen LogP contribution in [0.5, 0.6) is 0 Å². The van der Waals surface area contributed by atoms with Crippen molar-refractivity contribution >= 4 is 42.0 Å². The van der Waals surface area contributed by atoms with Crippen molar-refractivity contribution in [2.45, 2.75) is 236 Å². The van der Waals surface area contributed by atoms with Crippen LogP contribution in [-0.2, 0) is 93.0 Å². The van der Waals surface area contributed by atoms with E-state index in [0.29, 0.717) is 18.6 Å². The van der Waals surface area contributed by atoms with Gasteiger partial charge in [-0.05, 0) is 25.0 Å². The number of hydrogen-bond acceptors (Lipinski definition) is 39. The molecule has 42 nitrogen and oxygen atoms in total. The first-order valence-corrected chi connectivity index (χ1v) is 35.3. The molecule has 0 radical (unpaired) electrons. The molecule has 6 aliphatic rings. The molecule has 24 N–H and O–H groups in total. The Morgan fingerprint density at radius 2 is 0.926 bits per heavy atom. The van der Waals surface area contributed by atoms with Gasteiger partial charge in [0.1, 0.15) is 153 Å². The highest BCUT2D eigenvalue weighted by atomic mass is 32.1. The van der Waals surface area contributed by atoms with E-state index in [-0.39, 0.29) is 26.1 Å². The molecule has 1 aliphatic carbocycles. The van der Waals surface area contributed by atoms with Crippen molar-refractivity contribution in [3.05, 3.63) is 0 Å². The van der Waals surface area contributed by atoms with Crippen LogP contribution < -0.4 is 16.8 Å². The molecule has 0 aromatic rings.